The van der Waals surface area contributed by atoms with Crippen molar-refractivity contribution in [3.8, 4) is 5.75 Å². The van der Waals surface area contributed by atoms with Crippen LogP contribution >= 0.6 is 0 Å². The van der Waals surface area contributed by atoms with Crippen molar-refractivity contribution in [3.05, 3.63) is 24.0 Å². The second kappa shape index (κ2) is 6.62. The number of ketones is 1. The normalized spacial score (nSPS) is 9.76. The highest BCUT2D eigenvalue weighted by molar-refractivity contribution is 6.04. The lowest BCUT2D eigenvalue weighted by atomic mass is 10.2. The van der Waals surface area contributed by atoms with E-state index >= 15 is 0 Å². The molecule has 5 nitrogen and oxygen atoms in total. The average molecular weight is 237 g/mol. The van der Waals surface area contributed by atoms with Crippen molar-refractivity contribution in [2.45, 2.75) is 20.3 Å². The number of hydrogen-bond acceptors (Lipinski definition) is 5. The Balaban J connectivity index is 2.60. The molecule has 1 rings (SSSR count). The molecule has 1 heterocycles. The fourth-order valence-electron chi connectivity index (χ4n) is 1.23. The van der Waals surface area contributed by atoms with Gasteiger partial charge in [0.1, 0.15) is 17.9 Å². The van der Waals surface area contributed by atoms with Crippen LogP contribution in [0.1, 0.15) is 30.8 Å². The number of aromatic nitrogens is 1. The van der Waals surface area contributed by atoms with Gasteiger partial charge in [-0.05, 0) is 26.0 Å². The fraction of sp³-hybridized carbons (Fsp3) is 0.417. The summed E-state index contributed by atoms with van der Waals surface area (Å²) >= 11 is 0. The minimum absolute atomic E-state index is 0.238. The number of pyridine rings is 1. The molecular formula is C12H15NO4. The van der Waals surface area contributed by atoms with Gasteiger partial charge in [-0.25, -0.2) is 4.98 Å². The number of carbonyl (C=O) groups excluding carboxylic acids is 2. The van der Waals surface area contributed by atoms with E-state index in [1.165, 1.54) is 12.3 Å². The van der Waals surface area contributed by atoms with E-state index in [-0.39, 0.29) is 24.5 Å². The molecule has 0 saturated heterocycles. The molecule has 92 valence electrons. The van der Waals surface area contributed by atoms with Crippen LogP contribution in [0.4, 0.5) is 0 Å². The van der Waals surface area contributed by atoms with Crippen LogP contribution in [0.25, 0.3) is 0 Å². The third-order valence-corrected chi connectivity index (χ3v) is 1.94. The SMILES string of the molecule is CCOC(=O)CC(=O)c1ccc(OCC)cn1. The first-order valence-electron chi connectivity index (χ1n) is 5.45. The van der Waals surface area contributed by atoms with E-state index in [4.69, 9.17) is 4.74 Å². The van der Waals surface area contributed by atoms with Crippen molar-refractivity contribution in [2.24, 2.45) is 0 Å². The largest absolute Gasteiger partial charge is 0.492 e. The molecule has 0 atom stereocenters. The Morgan fingerprint density at radius 1 is 1.24 bits per heavy atom. The Morgan fingerprint density at radius 3 is 2.53 bits per heavy atom. The molecule has 0 amide bonds. The van der Waals surface area contributed by atoms with Crippen molar-refractivity contribution in [2.75, 3.05) is 13.2 Å². The van der Waals surface area contributed by atoms with E-state index in [1.807, 2.05) is 6.92 Å². The zero-order valence-electron chi connectivity index (χ0n) is 9.93. The van der Waals surface area contributed by atoms with Gasteiger partial charge in [-0.1, -0.05) is 0 Å². The van der Waals surface area contributed by atoms with Gasteiger partial charge in [0.2, 0.25) is 0 Å². The number of hydrogen-bond donors (Lipinski definition) is 0. The number of nitrogens with zero attached hydrogens (tertiary/aromatic N) is 1. The van der Waals surface area contributed by atoms with Gasteiger partial charge in [-0.15, -0.1) is 0 Å². The molecule has 0 fully saturated rings. The maximum atomic E-state index is 11.6. The molecule has 1 aromatic heterocycles. The first kappa shape index (κ1) is 13.2. The van der Waals surface area contributed by atoms with Crippen molar-refractivity contribution in [3.63, 3.8) is 0 Å². The lowest BCUT2D eigenvalue weighted by Gasteiger charge is -2.03. The van der Waals surface area contributed by atoms with Gasteiger partial charge in [0.25, 0.3) is 0 Å². The molecule has 0 N–H and O–H groups in total. The third kappa shape index (κ3) is 4.22. The summed E-state index contributed by atoms with van der Waals surface area (Å²) < 4.78 is 9.88. The summed E-state index contributed by atoms with van der Waals surface area (Å²) in [6, 6.07) is 3.18. The maximum Gasteiger partial charge on any atom is 0.313 e. The quantitative estimate of drug-likeness (QED) is 0.427. The van der Waals surface area contributed by atoms with Crippen LogP contribution in [0.2, 0.25) is 0 Å². The van der Waals surface area contributed by atoms with Crippen LogP contribution in [-0.4, -0.2) is 30.0 Å². The molecule has 0 saturated carbocycles. The summed E-state index contributed by atoms with van der Waals surface area (Å²) in [6.07, 6.45) is 1.18. The summed E-state index contributed by atoms with van der Waals surface area (Å²) in [6.45, 7) is 4.36. The topological polar surface area (TPSA) is 65.5 Å². The molecule has 0 radical (unpaired) electrons. The Morgan fingerprint density at radius 2 is 2.00 bits per heavy atom. The van der Waals surface area contributed by atoms with E-state index in [0.717, 1.165) is 0 Å². The molecule has 0 aromatic carbocycles. The van der Waals surface area contributed by atoms with Crippen molar-refractivity contribution in [1.29, 1.82) is 0 Å². The van der Waals surface area contributed by atoms with Crippen molar-refractivity contribution < 1.29 is 19.1 Å². The van der Waals surface area contributed by atoms with Gasteiger partial charge in [0.05, 0.1) is 19.4 Å². The van der Waals surface area contributed by atoms with Gasteiger partial charge >= 0.3 is 5.97 Å². The minimum atomic E-state index is -0.534. The van der Waals surface area contributed by atoms with Gasteiger partial charge in [-0.2, -0.15) is 0 Å². The van der Waals surface area contributed by atoms with Gasteiger partial charge in [-0.3, -0.25) is 9.59 Å². The summed E-state index contributed by atoms with van der Waals surface area (Å²) in [5.41, 5.74) is 0.238. The molecule has 0 aliphatic heterocycles. The standard InChI is InChI=1S/C12H15NO4/c1-3-16-9-5-6-10(13-8-9)11(14)7-12(15)17-4-2/h5-6,8H,3-4,7H2,1-2H3. The molecule has 0 bridgehead atoms. The highest BCUT2D eigenvalue weighted by atomic mass is 16.5. The molecule has 0 aliphatic rings. The van der Waals surface area contributed by atoms with E-state index in [0.29, 0.717) is 12.4 Å². The van der Waals surface area contributed by atoms with Crippen LogP contribution in [0.5, 0.6) is 5.75 Å². The van der Waals surface area contributed by atoms with Crippen LogP contribution in [0, 0.1) is 0 Å². The molecule has 0 spiro atoms. The predicted molar refractivity (Wildman–Crippen MR) is 61.0 cm³/mol. The Kier molecular flexibility index (Phi) is 5.13. The van der Waals surface area contributed by atoms with E-state index in [9.17, 15) is 9.59 Å². The summed E-state index contributed by atoms with van der Waals surface area (Å²) in [5, 5.41) is 0. The number of carbonyl (C=O) groups is 2. The summed E-state index contributed by atoms with van der Waals surface area (Å²) in [4.78, 5) is 26.6. The van der Waals surface area contributed by atoms with Crippen molar-refractivity contribution in [1.82, 2.24) is 4.98 Å². The molecule has 5 heteroatoms. The second-order valence-corrected chi connectivity index (χ2v) is 3.22. The van der Waals surface area contributed by atoms with E-state index < -0.39 is 5.97 Å². The lowest BCUT2D eigenvalue weighted by molar-refractivity contribution is -0.141. The number of ether oxygens (including phenoxy) is 2. The fourth-order valence-corrected chi connectivity index (χ4v) is 1.23. The Bertz CT molecular complexity index is 386. The molecule has 17 heavy (non-hydrogen) atoms. The third-order valence-electron chi connectivity index (χ3n) is 1.94. The van der Waals surface area contributed by atoms with E-state index in [1.54, 1.807) is 13.0 Å². The number of rotatable bonds is 6. The van der Waals surface area contributed by atoms with Crippen LogP contribution < -0.4 is 4.74 Å². The second-order valence-electron chi connectivity index (χ2n) is 3.22. The lowest BCUT2D eigenvalue weighted by Crippen LogP contribution is -2.12. The van der Waals surface area contributed by atoms with Gasteiger partial charge in [0.15, 0.2) is 5.78 Å². The zero-order chi connectivity index (χ0) is 12.7. The Hall–Kier alpha value is -1.91. The average Bonchev–Trinajstić information content (AvgIpc) is 2.30. The molecule has 0 unspecified atom stereocenters. The maximum absolute atomic E-state index is 11.6. The monoisotopic (exact) mass is 237 g/mol. The van der Waals surface area contributed by atoms with E-state index in [2.05, 4.69) is 9.72 Å². The first-order chi connectivity index (χ1) is 8.17. The number of esters is 1. The molecular weight excluding hydrogens is 222 g/mol. The van der Waals surface area contributed by atoms with Gasteiger partial charge < -0.3 is 9.47 Å². The van der Waals surface area contributed by atoms with Gasteiger partial charge in [0, 0.05) is 0 Å². The minimum Gasteiger partial charge on any atom is -0.492 e. The first-order valence-corrected chi connectivity index (χ1v) is 5.45. The predicted octanol–water partition coefficient (Wildman–Crippen LogP) is 1.62. The van der Waals surface area contributed by atoms with Crippen molar-refractivity contribution >= 4 is 11.8 Å². The highest BCUT2D eigenvalue weighted by Gasteiger charge is 2.13. The number of Topliss-reactive ketones (excluding diaryl/α,β-unsaturated/α-hetero) is 1. The summed E-state index contributed by atoms with van der Waals surface area (Å²) in [7, 11) is 0. The van der Waals surface area contributed by atoms with Crippen LogP contribution in [-0.2, 0) is 9.53 Å². The highest BCUT2D eigenvalue weighted by Crippen LogP contribution is 2.10. The zero-order valence-corrected chi connectivity index (χ0v) is 9.93. The van der Waals surface area contributed by atoms with Crippen LogP contribution in [0.3, 0.4) is 0 Å². The smallest absolute Gasteiger partial charge is 0.313 e. The van der Waals surface area contributed by atoms with Crippen LogP contribution in [0.15, 0.2) is 18.3 Å². The Labute approximate surface area is 99.8 Å². The molecule has 1 aromatic rings. The summed E-state index contributed by atoms with van der Waals surface area (Å²) in [5.74, 6) is -0.292. The molecule has 0 aliphatic carbocycles.